The summed E-state index contributed by atoms with van der Waals surface area (Å²) in [4.78, 5) is 29.7. The van der Waals surface area contributed by atoms with Gasteiger partial charge in [0, 0.05) is 38.3 Å². The van der Waals surface area contributed by atoms with E-state index in [0.29, 0.717) is 44.0 Å². The summed E-state index contributed by atoms with van der Waals surface area (Å²) in [6.07, 6.45) is 3.32. The van der Waals surface area contributed by atoms with Crippen LogP contribution < -0.4 is 5.56 Å². The van der Waals surface area contributed by atoms with Crippen molar-refractivity contribution in [2.75, 3.05) is 6.54 Å². The monoisotopic (exact) mass is 333 g/mol. The van der Waals surface area contributed by atoms with E-state index >= 15 is 0 Å². The number of rotatable bonds is 6. The molecular weight excluding hydrogens is 310 g/mol. The molecule has 0 fully saturated rings. The number of hydrogen-bond donors (Lipinski definition) is 1. The van der Waals surface area contributed by atoms with Crippen LogP contribution in [0.4, 0.5) is 0 Å². The second kappa shape index (κ2) is 7.07. The maximum Gasteiger partial charge on any atom is 0.280 e. The number of oxazole rings is 1. The number of aryl methyl sites for hydroxylation is 2. The Balaban J connectivity index is 1.55. The molecule has 0 aliphatic carbocycles. The van der Waals surface area contributed by atoms with E-state index in [1.54, 1.807) is 4.90 Å². The van der Waals surface area contributed by atoms with Gasteiger partial charge in [0.2, 0.25) is 5.91 Å². The van der Waals surface area contributed by atoms with Crippen LogP contribution in [0, 0.1) is 5.92 Å². The van der Waals surface area contributed by atoms with Gasteiger partial charge in [0.25, 0.3) is 5.56 Å². The van der Waals surface area contributed by atoms with E-state index < -0.39 is 0 Å². The van der Waals surface area contributed by atoms with Crippen LogP contribution in [0.2, 0.25) is 0 Å². The summed E-state index contributed by atoms with van der Waals surface area (Å²) in [5, 5.41) is 2.23. The first-order valence-corrected chi connectivity index (χ1v) is 8.44. The largest absolute Gasteiger partial charge is 0.445 e. The maximum absolute atomic E-state index is 12.3. The van der Waals surface area contributed by atoms with Crippen molar-refractivity contribution in [2.45, 2.75) is 52.5 Å². The molecule has 0 bridgehead atoms. The molecule has 1 amide bonds. The number of H-pyrrole nitrogens is 1. The summed E-state index contributed by atoms with van der Waals surface area (Å²) >= 11 is 0. The van der Waals surface area contributed by atoms with Crippen LogP contribution in [0.5, 0.6) is 0 Å². The summed E-state index contributed by atoms with van der Waals surface area (Å²) < 4.78 is 10.8. The Labute approximate surface area is 140 Å². The molecule has 7 nitrogen and oxygen atoms in total. The van der Waals surface area contributed by atoms with Crippen LogP contribution in [0.1, 0.15) is 49.8 Å². The molecule has 24 heavy (non-hydrogen) atoms. The van der Waals surface area contributed by atoms with Crippen LogP contribution in [0.15, 0.2) is 19.8 Å². The Kier molecular flexibility index (Phi) is 4.87. The van der Waals surface area contributed by atoms with E-state index in [1.165, 1.54) is 6.07 Å². The van der Waals surface area contributed by atoms with Crippen LogP contribution in [0.3, 0.4) is 0 Å². The van der Waals surface area contributed by atoms with E-state index in [9.17, 15) is 9.59 Å². The predicted molar refractivity (Wildman–Crippen MR) is 86.4 cm³/mol. The number of carbonyl (C=O) groups is 1. The lowest BCUT2D eigenvalue weighted by Crippen LogP contribution is -2.35. The van der Waals surface area contributed by atoms with Crippen molar-refractivity contribution in [1.82, 2.24) is 15.0 Å². The highest BCUT2D eigenvalue weighted by Crippen LogP contribution is 2.22. The zero-order chi connectivity index (χ0) is 17.1. The zero-order valence-corrected chi connectivity index (χ0v) is 14.1. The van der Waals surface area contributed by atoms with Gasteiger partial charge in [-0.25, -0.2) is 4.98 Å². The molecule has 0 saturated carbocycles. The minimum atomic E-state index is -0.281. The number of aromatic nitrogens is 2. The predicted octanol–water partition coefficient (Wildman–Crippen LogP) is 2.06. The van der Waals surface area contributed by atoms with E-state index in [0.717, 1.165) is 30.2 Å². The third-order valence-corrected chi connectivity index (χ3v) is 4.22. The molecule has 0 saturated heterocycles. The lowest BCUT2D eigenvalue weighted by molar-refractivity contribution is -0.132. The number of aromatic amines is 1. The van der Waals surface area contributed by atoms with E-state index in [2.05, 4.69) is 24.0 Å². The highest BCUT2D eigenvalue weighted by Gasteiger charge is 2.25. The number of nitrogens with zero attached hydrogens (tertiary/aromatic N) is 2. The average Bonchev–Trinajstić information content (AvgIpc) is 3.15. The minimum Gasteiger partial charge on any atom is -0.445 e. The summed E-state index contributed by atoms with van der Waals surface area (Å²) in [7, 11) is 0. The quantitative estimate of drug-likeness (QED) is 0.873. The topological polar surface area (TPSA) is 92.3 Å². The molecule has 0 atom stereocenters. The van der Waals surface area contributed by atoms with Crippen LogP contribution >= 0.6 is 0 Å². The summed E-state index contributed by atoms with van der Waals surface area (Å²) in [6, 6.07) is 1.38. The van der Waals surface area contributed by atoms with Crippen molar-refractivity contribution < 1.29 is 13.7 Å². The zero-order valence-electron chi connectivity index (χ0n) is 14.1. The van der Waals surface area contributed by atoms with E-state index in [4.69, 9.17) is 8.94 Å². The van der Waals surface area contributed by atoms with Crippen LogP contribution in [0.25, 0.3) is 0 Å². The van der Waals surface area contributed by atoms with Gasteiger partial charge >= 0.3 is 0 Å². The SMILES string of the molecule is CC(C)CCc1nc2c(o1)CCN(C(=O)CCc1cc(=O)[nH]o1)C2. The Morgan fingerprint density at radius 3 is 2.96 bits per heavy atom. The Hall–Kier alpha value is -2.31. The molecule has 130 valence electrons. The van der Waals surface area contributed by atoms with Crippen molar-refractivity contribution in [3.63, 3.8) is 0 Å². The van der Waals surface area contributed by atoms with Gasteiger partial charge in [-0.2, -0.15) is 5.16 Å². The summed E-state index contributed by atoms with van der Waals surface area (Å²) in [5.74, 6) is 2.84. The first-order valence-electron chi connectivity index (χ1n) is 8.44. The highest BCUT2D eigenvalue weighted by molar-refractivity contribution is 5.76. The van der Waals surface area contributed by atoms with Gasteiger partial charge in [-0.1, -0.05) is 13.8 Å². The number of carbonyl (C=O) groups excluding carboxylic acids is 1. The first-order chi connectivity index (χ1) is 11.5. The standard InChI is InChI=1S/C17H23N3O4/c1-11(2)3-5-16-18-13-10-20(8-7-14(13)23-16)17(22)6-4-12-9-15(21)19-24-12/h9,11H,3-8,10H2,1-2H3,(H,19,21). The fraction of sp³-hybridized carbons (Fsp3) is 0.588. The van der Waals surface area contributed by atoms with Gasteiger partial charge in [-0.3, -0.25) is 9.59 Å². The molecule has 2 aromatic heterocycles. The van der Waals surface area contributed by atoms with Gasteiger partial charge < -0.3 is 13.8 Å². The lowest BCUT2D eigenvalue weighted by atomic mass is 10.1. The average molecular weight is 333 g/mol. The Morgan fingerprint density at radius 1 is 1.42 bits per heavy atom. The normalized spacial score (nSPS) is 14.2. The molecule has 1 N–H and O–H groups in total. The summed E-state index contributed by atoms with van der Waals surface area (Å²) in [6.45, 7) is 5.49. The second-order valence-corrected chi connectivity index (χ2v) is 6.65. The molecule has 1 aliphatic rings. The van der Waals surface area contributed by atoms with Crippen LogP contribution in [-0.2, 0) is 30.6 Å². The smallest absolute Gasteiger partial charge is 0.280 e. The van der Waals surface area contributed by atoms with Crippen molar-refractivity contribution in [3.05, 3.63) is 39.5 Å². The fourth-order valence-corrected chi connectivity index (χ4v) is 2.82. The molecule has 0 radical (unpaired) electrons. The molecule has 3 heterocycles. The molecule has 1 aliphatic heterocycles. The van der Waals surface area contributed by atoms with Gasteiger partial charge in [0.1, 0.15) is 17.2 Å². The molecule has 0 unspecified atom stereocenters. The Bertz CT molecular complexity index is 756. The maximum atomic E-state index is 12.3. The third kappa shape index (κ3) is 3.96. The minimum absolute atomic E-state index is 0.0382. The van der Waals surface area contributed by atoms with Gasteiger partial charge in [0.15, 0.2) is 5.89 Å². The molecular formula is C17H23N3O4. The van der Waals surface area contributed by atoms with Gasteiger partial charge in [-0.05, 0) is 12.3 Å². The first kappa shape index (κ1) is 16.5. The van der Waals surface area contributed by atoms with Crippen molar-refractivity contribution in [1.29, 1.82) is 0 Å². The molecule has 2 aromatic rings. The van der Waals surface area contributed by atoms with E-state index in [1.807, 2.05) is 0 Å². The number of amides is 1. The molecule has 0 spiro atoms. The van der Waals surface area contributed by atoms with Crippen molar-refractivity contribution >= 4 is 5.91 Å². The number of hydrogen-bond acceptors (Lipinski definition) is 5. The Morgan fingerprint density at radius 2 is 2.25 bits per heavy atom. The van der Waals surface area contributed by atoms with Crippen molar-refractivity contribution in [2.24, 2.45) is 5.92 Å². The van der Waals surface area contributed by atoms with Crippen molar-refractivity contribution in [3.8, 4) is 0 Å². The van der Waals surface area contributed by atoms with Gasteiger partial charge in [0.05, 0.1) is 6.54 Å². The highest BCUT2D eigenvalue weighted by atomic mass is 16.5. The third-order valence-electron chi connectivity index (χ3n) is 4.22. The fourth-order valence-electron chi connectivity index (χ4n) is 2.82. The molecule has 3 rings (SSSR count). The molecule has 0 aromatic carbocycles. The lowest BCUT2D eigenvalue weighted by Gasteiger charge is -2.25. The van der Waals surface area contributed by atoms with Gasteiger partial charge in [-0.15, -0.1) is 0 Å². The van der Waals surface area contributed by atoms with Crippen LogP contribution in [-0.4, -0.2) is 27.5 Å². The number of nitrogens with one attached hydrogen (secondary N) is 1. The molecule has 7 heteroatoms. The van der Waals surface area contributed by atoms with E-state index in [-0.39, 0.29) is 11.5 Å². The number of fused-ring (bicyclic) bond motifs is 1. The summed E-state index contributed by atoms with van der Waals surface area (Å²) in [5.41, 5.74) is 0.595. The second-order valence-electron chi connectivity index (χ2n) is 6.65.